The van der Waals surface area contributed by atoms with Crippen molar-refractivity contribution in [3.63, 3.8) is 0 Å². The summed E-state index contributed by atoms with van der Waals surface area (Å²) in [5, 5.41) is 4.05. The van der Waals surface area contributed by atoms with Crippen molar-refractivity contribution in [2.24, 2.45) is 0 Å². The van der Waals surface area contributed by atoms with Crippen LogP contribution < -0.4 is 0 Å². The summed E-state index contributed by atoms with van der Waals surface area (Å²) in [5.41, 5.74) is 6.09. The molecule has 0 aliphatic carbocycles. The normalized spacial score (nSPS) is 11.6. The lowest BCUT2D eigenvalue weighted by Crippen LogP contribution is -1.83. The predicted molar refractivity (Wildman–Crippen MR) is 175 cm³/mol. The van der Waals surface area contributed by atoms with E-state index in [9.17, 15) is 0 Å². The van der Waals surface area contributed by atoms with Gasteiger partial charge in [-0.25, -0.2) is 29.9 Å². The second-order valence-corrected chi connectivity index (χ2v) is 10.3. The number of hydrogen-bond acceptors (Lipinski definition) is 6. The number of rotatable bonds is 0. The first-order valence-electron chi connectivity index (χ1n) is 13.5. The van der Waals surface area contributed by atoms with Crippen molar-refractivity contribution in [2.75, 3.05) is 0 Å². The number of aromatic amines is 2. The highest BCUT2D eigenvalue weighted by Crippen LogP contribution is 2.37. The monoisotopic (exact) mass is 612 g/mol. The van der Waals surface area contributed by atoms with Gasteiger partial charge in [-0.05, 0) is 6.07 Å². The number of hydrogen-bond donors (Lipinski definition) is 2. The molecular formula is C32H19AlCl2N8. The molecule has 2 N–H and O–H groups in total. The number of halogens is 2. The number of fused-ring (bicyclic) bond motifs is 20. The van der Waals surface area contributed by atoms with E-state index in [1.54, 1.807) is 0 Å². The minimum atomic E-state index is 0.543. The van der Waals surface area contributed by atoms with Crippen molar-refractivity contribution < 1.29 is 0 Å². The molecule has 0 atom stereocenters. The van der Waals surface area contributed by atoms with Crippen molar-refractivity contribution >= 4 is 81.2 Å². The lowest BCUT2D eigenvalue weighted by atomic mass is 10.1. The van der Waals surface area contributed by atoms with Gasteiger partial charge in [0, 0.05) is 43.8 Å². The summed E-state index contributed by atoms with van der Waals surface area (Å²) in [6.07, 6.45) is 0. The maximum atomic E-state index is 6.73. The van der Waals surface area contributed by atoms with Gasteiger partial charge < -0.3 is 9.97 Å². The zero-order valence-corrected chi connectivity index (χ0v) is 26.1. The van der Waals surface area contributed by atoms with Crippen LogP contribution in [0, 0.1) is 0 Å². The molecule has 0 amide bonds. The second kappa shape index (κ2) is 10.3. The van der Waals surface area contributed by atoms with E-state index in [0.29, 0.717) is 50.9 Å². The minimum absolute atomic E-state index is 0.543. The number of nitrogens with one attached hydrogen (secondary N) is 2. The quantitative estimate of drug-likeness (QED) is 0.174. The maximum Gasteiger partial charge on any atom is 0.353 e. The van der Waals surface area contributed by atoms with E-state index in [2.05, 4.69) is 9.97 Å². The Kier molecular flexibility index (Phi) is 6.21. The zero-order valence-electron chi connectivity index (χ0n) is 22.6. The molecule has 9 rings (SSSR count). The molecule has 2 aliphatic heterocycles. The van der Waals surface area contributed by atoms with Gasteiger partial charge in [0.2, 0.25) is 0 Å². The Bertz CT molecular complexity index is 2410. The Labute approximate surface area is 261 Å². The molecule has 0 radical (unpaired) electrons. The fourth-order valence-electron chi connectivity index (χ4n) is 5.65. The summed E-state index contributed by atoms with van der Waals surface area (Å²) in [6, 6.07) is 29.7. The first-order chi connectivity index (χ1) is 21.2. The highest BCUT2D eigenvalue weighted by atomic mass is 35.6. The van der Waals surface area contributed by atoms with E-state index >= 15 is 0 Å². The summed E-state index contributed by atoms with van der Waals surface area (Å²) in [7, 11) is 4.78. The molecular weight excluding hydrogens is 594 g/mol. The van der Waals surface area contributed by atoms with E-state index in [1.807, 2.05) is 91.0 Å². The lowest BCUT2D eigenvalue weighted by Gasteiger charge is -1.96. The van der Waals surface area contributed by atoms with E-state index < -0.39 is 0 Å². The SMILES string of the molecule is Clc1cccc2c3nc4nc(nc5[nH]c(nc6nc(nc([nH]3)c12)-c1ccccc1-6)c1ccccc51)-c1ccccc1-4.[AlH2][Cl]. The Morgan fingerprint density at radius 1 is 0.419 bits per heavy atom. The van der Waals surface area contributed by atoms with Crippen LogP contribution in [0.1, 0.15) is 0 Å². The summed E-state index contributed by atoms with van der Waals surface area (Å²) in [4.78, 5) is 36.6. The van der Waals surface area contributed by atoms with Gasteiger partial charge in [0.1, 0.15) is 22.6 Å². The average molecular weight is 613 g/mol. The van der Waals surface area contributed by atoms with Crippen LogP contribution in [0.15, 0.2) is 91.0 Å². The number of benzene rings is 4. The maximum absolute atomic E-state index is 6.73. The third-order valence-corrected chi connectivity index (χ3v) is 7.84. The fourth-order valence-corrected chi connectivity index (χ4v) is 5.91. The van der Waals surface area contributed by atoms with Gasteiger partial charge in [-0.15, -0.1) is 0 Å². The molecule has 2 aliphatic rings. The topological polar surface area (TPSA) is 109 Å². The number of H-pyrrole nitrogens is 2. The van der Waals surface area contributed by atoms with Crippen molar-refractivity contribution in [1.82, 2.24) is 39.9 Å². The van der Waals surface area contributed by atoms with Crippen LogP contribution in [0.3, 0.4) is 0 Å². The molecule has 8 bridgehead atoms. The first kappa shape index (κ1) is 26.0. The van der Waals surface area contributed by atoms with Crippen molar-refractivity contribution in [1.29, 1.82) is 0 Å². The summed E-state index contributed by atoms with van der Waals surface area (Å²) < 4.78 is 0. The Morgan fingerprint density at radius 2 is 0.791 bits per heavy atom. The van der Waals surface area contributed by atoms with Gasteiger partial charge in [0.15, 0.2) is 23.3 Å². The van der Waals surface area contributed by atoms with Crippen LogP contribution in [-0.2, 0) is 0 Å². The third-order valence-electron chi connectivity index (χ3n) is 7.53. The molecule has 0 spiro atoms. The Hall–Kier alpha value is -4.65. The van der Waals surface area contributed by atoms with Crippen LogP contribution >= 0.6 is 21.7 Å². The standard InChI is InChI=1S/C32H17ClN8.Al.ClH.2H/c33-23-15-7-14-22-24(23)32-40-30-21-13-6-5-12-20(21)28(38-30)36-26-17-9-2-1-8-16(17)25(34-26)35-27-18-10-3-4-11-19(18)29(37-27)39-31(22)41-32;;;;/h1-15H,(H2,34,35,36,37,38,39,40,41);;1H;;/q;+1;;;/p-1. The third kappa shape index (κ3) is 4.13. The van der Waals surface area contributed by atoms with E-state index in [1.165, 1.54) is 0 Å². The molecule has 5 heterocycles. The van der Waals surface area contributed by atoms with E-state index in [0.717, 1.165) is 59.2 Å². The molecule has 8 nitrogen and oxygen atoms in total. The molecule has 3 aromatic heterocycles. The molecule has 0 saturated heterocycles. The second-order valence-electron chi connectivity index (χ2n) is 9.91. The van der Waals surface area contributed by atoms with Gasteiger partial charge in [-0.2, -0.15) is 0 Å². The summed E-state index contributed by atoms with van der Waals surface area (Å²) in [5.74, 6) is 2.24. The minimum Gasteiger partial charge on any atom is -0.324 e. The molecule has 204 valence electrons. The average Bonchev–Trinajstić information content (AvgIpc) is 3.78. The van der Waals surface area contributed by atoms with Crippen molar-refractivity contribution in [3.8, 4) is 45.6 Å². The molecule has 43 heavy (non-hydrogen) atoms. The van der Waals surface area contributed by atoms with Gasteiger partial charge in [0.05, 0.1) is 5.02 Å². The van der Waals surface area contributed by atoms with Gasteiger partial charge >= 0.3 is 15.4 Å². The molecule has 4 aromatic carbocycles. The van der Waals surface area contributed by atoms with Crippen molar-refractivity contribution in [2.45, 2.75) is 0 Å². The first-order valence-corrected chi connectivity index (χ1v) is 16.9. The van der Waals surface area contributed by atoms with Crippen LogP contribution in [0.4, 0.5) is 0 Å². The number of aromatic nitrogens is 8. The van der Waals surface area contributed by atoms with E-state index in [-0.39, 0.29) is 0 Å². The highest BCUT2D eigenvalue weighted by Gasteiger charge is 2.22. The van der Waals surface area contributed by atoms with Crippen LogP contribution in [-0.4, -0.2) is 55.2 Å². The smallest absolute Gasteiger partial charge is 0.324 e. The van der Waals surface area contributed by atoms with Gasteiger partial charge in [-0.1, -0.05) is 96.5 Å². The molecule has 11 heteroatoms. The Balaban J connectivity index is 0.00000136. The molecule has 0 saturated carbocycles. The lowest BCUT2D eigenvalue weighted by molar-refractivity contribution is 1.19. The summed E-state index contributed by atoms with van der Waals surface area (Å²) >= 11 is 7.51. The van der Waals surface area contributed by atoms with Crippen molar-refractivity contribution in [3.05, 3.63) is 96.0 Å². The largest absolute Gasteiger partial charge is 0.353 e. The fraction of sp³-hybridized carbons (Fsp3) is 0. The Morgan fingerprint density at radius 3 is 1.28 bits per heavy atom. The molecule has 0 fully saturated rings. The van der Waals surface area contributed by atoms with E-state index in [4.69, 9.17) is 51.6 Å². The molecule has 7 aromatic rings. The van der Waals surface area contributed by atoms with Crippen LogP contribution in [0.25, 0.3) is 89.7 Å². The zero-order chi connectivity index (χ0) is 29.1. The van der Waals surface area contributed by atoms with Gasteiger partial charge in [-0.3, -0.25) is 10.0 Å². The van der Waals surface area contributed by atoms with Gasteiger partial charge in [0.25, 0.3) is 0 Å². The highest BCUT2D eigenvalue weighted by molar-refractivity contribution is 6.80. The predicted octanol–water partition coefficient (Wildman–Crippen LogP) is 7.30. The summed E-state index contributed by atoms with van der Waals surface area (Å²) in [6.45, 7) is 0. The van der Waals surface area contributed by atoms with Crippen LogP contribution in [0.2, 0.25) is 5.02 Å². The van der Waals surface area contributed by atoms with Crippen LogP contribution in [0.5, 0.6) is 0 Å². The molecule has 0 unspecified atom stereocenters. The number of nitrogens with zero attached hydrogens (tertiary/aromatic N) is 6.